The van der Waals surface area contributed by atoms with Crippen molar-refractivity contribution in [3.05, 3.63) is 65.4 Å². The molecule has 0 saturated carbocycles. The number of furan rings is 1. The summed E-state index contributed by atoms with van der Waals surface area (Å²) in [7, 11) is -2.19. The van der Waals surface area contributed by atoms with E-state index in [0.717, 1.165) is 11.0 Å². The van der Waals surface area contributed by atoms with Crippen molar-refractivity contribution in [3.8, 4) is 0 Å². The zero-order valence-corrected chi connectivity index (χ0v) is 14.3. The van der Waals surface area contributed by atoms with Crippen LogP contribution in [-0.2, 0) is 10.0 Å². The molecule has 6 heteroatoms. The first-order valence-electron chi connectivity index (χ1n) is 7.12. The fraction of sp³-hybridized carbons (Fsp3) is 0.176. The van der Waals surface area contributed by atoms with Gasteiger partial charge in [-0.15, -0.1) is 0 Å². The standard InChI is InChI=1S/C17H16ClNO3S/c1-12(16-11-13-7-3-5-9-15(13)22-16)19(2)23(20,21)17-10-6-4-8-14(17)18/h3-12H,1-2H3/t12-/m0/s1. The molecule has 1 atom stereocenters. The maximum Gasteiger partial charge on any atom is 0.244 e. The summed E-state index contributed by atoms with van der Waals surface area (Å²) in [6.07, 6.45) is 0. The molecule has 1 aromatic heterocycles. The van der Waals surface area contributed by atoms with E-state index in [1.807, 2.05) is 30.3 Å². The predicted molar refractivity (Wildman–Crippen MR) is 91.0 cm³/mol. The van der Waals surface area contributed by atoms with Gasteiger partial charge in [0.15, 0.2) is 0 Å². The summed E-state index contributed by atoms with van der Waals surface area (Å²) in [5.41, 5.74) is 0.734. The van der Waals surface area contributed by atoms with E-state index in [4.69, 9.17) is 16.0 Å². The van der Waals surface area contributed by atoms with E-state index in [9.17, 15) is 8.42 Å². The zero-order chi connectivity index (χ0) is 16.6. The third-order valence-corrected chi connectivity index (χ3v) is 6.32. The largest absolute Gasteiger partial charge is 0.459 e. The highest BCUT2D eigenvalue weighted by molar-refractivity contribution is 7.89. The van der Waals surface area contributed by atoms with E-state index in [2.05, 4.69) is 0 Å². The molecule has 0 radical (unpaired) electrons. The minimum absolute atomic E-state index is 0.0899. The molecule has 0 spiro atoms. The first-order valence-corrected chi connectivity index (χ1v) is 8.94. The van der Waals surface area contributed by atoms with Crippen LogP contribution in [0.1, 0.15) is 18.7 Å². The Morgan fingerprint density at radius 3 is 2.43 bits per heavy atom. The van der Waals surface area contributed by atoms with Crippen LogP contribution in [0.4, 0.5) is 0 Å². The number of hydrogen-bond donors (Lipinski definition) is 0. The van der Waals surface area contributed by atoms with E-state index in [-0.39, 0.29) is 9.92 Å². The van der Waals surface area contributed by atoms with Crippen LogP contribution in [0.3, 0.4) is 0 Å². The SMILES string of the molecule is C[C@@H](c1cc2ccccc2o1)N(C)S(=O)(=O)c1ccccc1Cl. The lowest BCUT2D eigenvalue weighted by Crippen LogP contribution is -2.29. The van der Waals surface area contributed by atoms with Gasteiger partial charge >= 0.3 is 0 Å². The van der Waals surface area contributed by atoms with Crippen molar-refractivity contribution < 1.29 is 12.8 Å². The minimum Gasteiger partial charge on any atom is -0.459 e. The molecule has 0 aliphatic heterocycles. The van der Waals surface area contributed by atoms with Crippen molar-refractivity contribution in [1.82, 2.24) is 4.31 Å². The second-order valence-corrected chi connectivity index (χ2v) is 7.69. The van der Waals surface area contributed by atoms with Gasteiger partial charge in [-0.3, -0.25) is 0 Å². The maximum atomic E-state index is 12.8. The molecule has 120 valence electrons. The van der Waals surface area contributed by atoms with Crippen LogP contribution in [-0.4, -0.2) is 19.8 Å². The van der Waals surface area contributed by atoms with E-state index in [0.29, 0.717) is 5.76 Å². The minimum atomic E-state index is -3.71. The Bertz CT molecular complexity index is 916. The highest BCUT2D eigenvalue weighted by Gasteiger charge is 2.29. The lowest BCUT2D eigenvalue weighted by atomic mass is 10.2. The van der Waals surface area contributed by atoms with E-state index < -0.39 is 16.1 Å². The van der Waals surface area contributed by atoms with Gasteiger partial charge in [0, 0.05) is 12.4 Å². The molecule has 0 unspecified atom stereocenters. The molecule has 2 aromatic carbocycles. The van der Waals surface area contributed by atoms with Crippen LogP contribution < -0.4 is 0 Å². The number of sulfonamides is 1. The van der Waals surface area contributed by atoms with Crippen LogP contribution in [0, 0.1) is 0 Å². The molecule has 0 bridgehead atoms. The molecule has 23 heavy (non-hydrogen) atoms. The molecule has 3 aromatic rings. The molecule has 0 aliphatic rings. The second-order valence-electron chi connectivity index (χ2n) is 5.31. The summed E-state index contributed by atoms with van der Waals surface area (Å²) in [6.45, 7) is 1.78. The average Bonchev–Trinajstić information content (AvgIpc) is 2.97. The first kappa shape index (κ1) is 16.1. The Labute approximate surface area is 140 Å². The van der Waals surface area contributed by atoms with Gasteiger partial charge in [-0.1, -0.05) is 41.9 Å². The third-order valence-electron chi connectivity index (χ3n) is 3.90. The summed E-state index contributed by atoms with van der Waals surface area (Å²) >= 11 is 6.04. The second kappa shape index (κ2) is 6.00. The molecular formula is C17H16ClNO3S. The average molecular weight is 350 g/mol. The van der Waals surface area contributed by atoms with Crippen molar-refractivity contribution in [2.24, 2.45) is 0 Å². The first-order chi connectivity index (χ1) is 10.9. The highest BCUT2D eigenvalue weighted by atomic mass is 35.5. The van der Waals surface area contributed by atoms with Crippen molar-refractivity contribution >= 4 is 32.6 Å². The van der Waals surface area contributed by atoms with Crippen molar-refractivity contribution in [2.75, 3.05) is 7.05 Å². The van der Waals surface area contributed by atoms with Crippen molar-refractivity contribution in [2.45, 2.75) is 17.9 Å². The van der Waals surface area contributed by atoms with Gasteiger partial charge < -0.3 is 4.42 Å². The smallest absolute Gasteiger partial charge is 0.244 e. The van der Waals surface area contributed by atoms with Gasteiger partial charge in [-0.2, -0.15) is 4.31 Å². The molecular weight excluding hydrogens is 334 g/mol. The summed E-state index contributed by atoms with van der Waals surface area (Å²) < 4.78 is 32.6. The van der Waals surface area contributed by atoms with Gasteiger partial charge in [0.1, 0.15) is 16.2 Å². The molecule has 0 amide bonds. The Kier molecular flexibility index (Phi) is 4.19. The Morgan fingerprint density at radius 1 is 1.09 bits per heavy atom. The Balaban J connectivity index is 1.98. The number of rotatable bonds is 4. The maximum absolute atomic E-state index is 12.8. The monoisotopic (exact) mass is 349 g/mol. The molecule has 0 fully saturated rings. The number of nitrogens with zero attached hydrogens (tertiary/aromatic N) is 1. The quantitative estimate of drug-likeness (QED) is 0.698. The third kappa shape index (κ3) is 2.87. The van der Waals surface area contributed by atoms with Gasteiger partial charge in [-0.05, 0) is 31.2 Å². The predicted octanol–water partition coefficient (Wildman–Crippen LogP) is 4.47. The molecule has 0 N–H and O–H groups in total. The fourth-order valence-electron chi connectivity index (χ4n) is 2.40. The number of fused-ring (bicyclic) bond motifs is 1. The van der Waals surface area contributed by atoms with Gasteiger partial charge in [0.2, 0.25) is 10.0 Å². The summed E-state index contributed by atoms with van der Waals surface area (Å²) in [4.78, 5) is 0.0899. The fourth-order valence-corrected chi connectivity index (χ4v) is 4.23. The summed E-state index contributed by atoms with van der Waals surface area (Å²) in [5, 5.41) is 1.15. The van der Waals surface area contributed by atoms with E-state index >= 15 is 0 Å². The topological polar surface area (TPSA) is 50.5 Å². The van der Waals surface area contributed by atoms with Crippen LogP contribution in [0.25, 0.3) is 11.0 Å². The van der Waals surface area contributed by atoms with Gasteiger partial charge in [0.25, 0.3) is 0 Å². The van der Waals surface area contributed by atoms with Crippen LogP contribution in [0.15, 0.2) is 63.9 Å². The number of benzene rings is 2. The van der Waals surface area contributed by atoms with Crippen LogP contribution in [0.5, 0.6) is 0 Å². The zero-order valence-electron chi connectivity index (χ0n) is 12.7. The number of para-hydroxylation sites is 1. The molecule has 4 nitrogen and oxygen atoms in total. The molecule has 3 rings (SSSR count). The Hall–Kier alpha value is -1.82. The molecule has 1 heterocycles. The van der Waals surface area contributed by atoms with Gasteiger partial charge in [-0.25, -0.2) is 8.42 Å². The highest BCUT2D eigenvalue weighted by Crippen LogP contribution is 2.32. The Morgan fingerprint density at radius 2 is 1.74 bits per heavy atom. The summed E-state index contributed by atoms with van der Waals surface area (Å²) in [6, 6.07) is 15.4. The van der Waals surface area contributed by atoms with E-state index in [1.54, 1.807) is 25.1 Å². The van der Waals surface area contributed by atoms with E-state index in [1.165, 1.54) is 17.4 Å². The number of hydrogen-bond acceptors (Lipinski definition) is 3. The number of halogens is 1. The van der Waals surface area contributed by atoms with Crippen LogP contribution in [0.2, 0.25) is 5.02 Å². The van der Waals surface area contributed by atoms with Crippen molar-refractivity contribution in [1.29, 1.82) is 0 Å². The van der Waals surface area contributed by atoms with Crippen molar-refractivity contribution in [3.63, 3.8) is 0 Å². The van der Waals surface area contributed by atoms with Crippen LogP contribution >= 0.6 is 11.6 Å². The lowest BCUT2D eigenvalue weighted by Gasteiger charge is -2.23. The summed E-state index contributed by atoms with van der Waals surface area (Å²) in [5.74, 6) is 0.587. The normalized spacial score (nSPS) is 13.6. The molecule has 0 aliphatic carbocycles. The molecule has 0 saturated heterocycles. The van der Waals surface area contributed by atoms with Gasteiger partial charge in [0.05, 0.1) is 11.1 Å². The lowest BCUT2D eigenvalue weighted by molar-refractivity contribution is 0.348.